The smallest absolute Gasteiger partial charge is 0.276 e. The first-order valence-corrected chi connectivity index (χ1v) is 8.46. The summed E-state index contributed by atoms with van der Waals surface area (Å²) >= 11 is 0. The van der Waals surface area contributed by atoms with E-state index < -0.39 is 15.8 Å². The lowest BCUT2D eigenvalue weighted by Crippen LogP contribution is -2.54. The largest absolute Gasteiger partial charge is 0.353 e. The molecule has 0 heterocycles. The van der Waals surface area contributed by atoms with Gasteiger partial charge in [-0.15, -0.1) is 0 Å². The van der Waals surface area contributed by atoms with Crippen LogP contribution in [0.5, 0.6) is 0 Å². The normalized spacial score (nSPS) is 19.8. The molecule has 0 amide bonds. The Morgan fingerprint density at radius 3 is 2.23 bits per heavy atom. The molecule has 122 valence electrons. The van der Waals surface area contributed by atoms with Gasteiger partial charge in [-0.2, -0.15) is 13.5 Å². The SMILES string of the molecule is COC1(OC)CC(C)(C=NNS(=O)(=O)c2ccc(C)cc2)C1. The van der Waals surface area contributed by atoms with Gasteiger partial charge < -0.3 is 9.47 Å². The second-order valence-corrected chi connectivity index (χ2v) is 7.65. The van der Waals surface area contributed by atoms with E-state index in [-0.39, 0.29) is 10.3 Å². The summed E-state index contributed by atoms with van der Waals surface area (Å²) in [4.78, 5) is 2.43. The minimum atomic E-state index is -3.63. The standard InChI is InChI=1S/C15H22N2O4S/c1-12-5-7-13(8-6-12)22(18,19)17-16-11-14(2)9-15(10-14,20-3)21-4/h5-8,11,17H,9-10H2,1-4H3. The zero-order valence-electron chi connectivity index (χ0n) is 13.3. The molecule has 1 saturated carbocycles. The van der Waals surface area contributed by atoms with Gasteiger partial charge in [-0.1, -0.05) is 24.6 Å². The third-order valence-corrected chi connectivity index (χ3v) is 5.21. The molecule has 0 atom stereocenters. The van der Waals surface area contributed by atoms with Gasteiger partial charge in [-0.05, 0) is 19.1 Å². The molecule has 0 unspecified atom stereocenters. The molecule has 0 bridgehead atoms. The molecule has 1 aromatic rings. The molecule has 22 heavy (non-hydrogen) atoms. The lowest BCUT2D eigenvalue weighted by atomic mass is 9.66. The minimum Gasteiger partial charge on any atom is -0.353 e. The first kappa shape index (κ1) is 16.9. The van der Waals surface area contributed by atoms with Crippen LogP contribution in [-0.2, 0) is 19.5 Å². The predicted molar refractivity (Wildman–Crippen MR) is 84.1 cm³/mol. The summed E-state index contributed by atoms with van der Waals surface area (Å²) in [6, 6.07) is 6.60. The van der Waals surface area contributed by atoms with Crippen molar-refractivity contribution in [1.29, 1.82) is 0 Å². The predicted octanol–water partition coefficient (Wildman–Crippen LogP) is 2.05. The van der Waals surface area contributed by atoms with Crippen LogP contribution in [0.1, 0.15) is 25.3 Å². The van der Waals surface area contributed by atoms with Gasteiger partial charge in [0.25, 0.3) is 10.0 Å². The van der Waals surface area contributed by atoms with E-state index >= 15 is 0 Å². The number of sulfonamides is 1. The number of hydrazone groups is 1. The van der Waals surface area contributed by atoms with Crippen molar-refractivity contribution in [2.75, 3.05) is 14.2 Å². The van der Waals surface area contributed by atoms with Crippen molar-refractivity contribution in [1.82, 2.24) is 4.83 Å². The van der Waals surface area contributed by atoms with Gasteiger partial charge in [0.2, 0.25) is 0 Å². The third-order valence-electron chi connectivity index (χ3n) is 3.97. The minimum absolute atomic E-state index is 0.192. The topological polar surface area (TPSA) is 77.0 Å². The zero-order valence-corrected chi connectivity index (χ0v) is 14.1. The van der Waals surface area contributed by atoms with E-state index in [0.717, 1.165) is 5.56 Å². The first-order chi connectivity index (χ1) is 10.2. The summed E-state index contributed by atoms with van der Waals surface area (Å²) in [5, 5.41) is 3.90. The maximum Gasteiger partial charge on any atom is 0.276 e. The quantitative estimate of drug-likeness (QED) is 0.493. The molecule has 0 spiro atoms. The molecule has 2 rings (SSSR count). The molecular formula is C15H22N2O4S. The zero-order chi connectivity index (χ0) is 16.4. The number of hydrogen-bond acceptors (Lipinski definition) is 5. The lowest BCUT2D eigenvalue weighted by molar-refractivity contribution is -0.278. The summed E-state index contributed by atoms with van der Waals surface area (Å²) in [6.07, 6.45) is 2.86. The Morgan fingerprint density at radius 1 is 1.18 bits per heavy atom. The Bertz CT molecular complexity index is 641. The summed E-state index contributed by atoms with van der Waals surface area (Å²) in [7, 11) is -0.439. The van der Waals surface area contributed by atoms with Gasteiger partial charge in [0.05, 0.1) is 4.90 Å². The monoisotopic (exact) mass is 326 g/mol. The van der Waals surface area contributed by atoms with E-state index in [1.165, 1.54) is 0 Å². The molecular weight excluding hydrogens is 304 g/mol. The van der Waals surface area contributed by atoms with Crippen molar-refractivity contribution in [2.45, 2.75) is 37.4 Å². The van der Waals surface area contributed by atoms with Gasteiger partial charge >= 0.3 is 0 Å². The van der Waals surface area contributed by atoms with E-state index in [4.69, 9.17) is 9.47 Å². The number of rotatable bonds is 6. The Balaban J connectivity index is 1.99. The van der Waals surface area contributed by atoms with Crippen LogP contribution in [0.3, 0.4) is 0 Å². The fraction of sp³-hybridized carbons (Fsp3) is 0.533. The molecule has 0 aromatic heterocycles. The van der Waals surface area contributed by atoms with Gasteiger partial charge in [0.1, 0.15) is 0 Å². The fourth-order valence-electron chi connectivity index (χ4n) is 2.66. The molecule has 0 aliphatic heterocycles. The molecule has 1 aliphatic rings. The van der Waals surface area contributed by atoms with Crippen LogP contribution in [0.4, 0.5) is 0 Å². The molecule has 1 fully saturated rings. The van der Waals surface area contributed by atoms with E-state index in [1.807, 2.05) is 13.8 Å². The highest BCUT2D eigenvalue weighted by atomic mass is 32.2. The third kappa shape index (κ3) is 3.48. The highest BCUT2D eigenvalue weighted by Crippen LogP contribution is 2.49. The van der Waals surface area contributed by atoms with Crippen LogP contribution >= 0.6 is 0 Å². The molecule has 6 nitrogen and oxygen atoms in total. The number of hydrogen-bond donors (Lipinski definition) is 1. The number of aryl methyl sites for hydroxylation is 1. The van der Waals surface area contributed by atoms with Crippen molar-refractivity contribution < 1.29 is 17.9 Å². The molecule has 0 radical (unpaired) electrons. The Hall–Kier alpha value is -1.44. The van der Waals surface area contributed by atoms with Gasteiger partial charge in [0.15, 0.2) is 5.79 Å². The highest BCUT2D eigenvalue weighted by molar-refractivity contribution is 7.89. The van der Waals surface area contributed by atoms with Crippen LogP contribution < -0.4 is 4.83 Å². The first-order valence-electron chi connectivity index (χ1n) is 6.97. The second-order valence-electron chi connectivity index (χ2n) is 5.99. The fourth-order valence-corrected chi connectivity index (χ4v) is 3.46. The van der Waals surface area contributed by atoms with Crippen molar-refractivity contribution in [3.63, 3.8) is 0 Å². The number of methoxy groups -OCH3 is 2. The van der Waals surface area contributed by atoms with Crippen molar-refractivity contribution in [2.24, 2.45) is 10.5 Å². The van der Waals surface area contributed by atoms with Crippen LogP contribution in [0.2, 0.25) is 0 Å². The molecule has 0 saturated heterocycles. The Labute approximate surface area is 131 Å². The molecule has 1 aromatic carbocycles. The average Bonchev–Trinajstić information content (AvgIpc) is 2.44. The molecule has 7 heteroatoms. The van der Waals surface area contributed by atoms with Gasteiger partial charge in [0, 0.05) is 38.7 Å². The van der Waals surface area contributed by atoms with E-state index in [9.17, 15) is 8.42 Å². The second kappa shape index (κ2) is 5.98. The average molecular weight is 326 g/mol. The number of benzene rings is 1. The Kier molecular flexibility index (Phi) is 4.60. The highest BCUT2D eigenvalue weighted by Gasteiger charge is 2.52. The Morgan fingerprint density at radius 2 is 1.73 bits per heavy atom. The maximum atomic E-state index is 12.1. The number of ether oxygens (including phenoxy) is 2. The summed E-state index contributed by atoms with van der Waals surface area (Å²) in [5.74, 6) is -0.587. The molecule has 1 N–H and O–H groups in total. The summed E-state index contributed by atoms with van der Waals surface area (Å²) in [5.41, 5.74) is 0.752. The van der Waals surface area contributed by atoms with Crippen molar-refractivity contribution >= 4 is 16.2 Å². The van der Waals surface area contributed by atoms with Gasteiger partial charge in [-0.3, -0.25) is 0 Å². The van der Waals surface area contributed by atoms with E-state index in [1.54, 1.807) is 44.7 Å². The number of nitrogens with zero attached hydrogens (tertiary/aromatic N) is 1. The van der Waals surface area contributed by atoms with Gasteiger partial charge in [-0.25, -0.2) is 4.83 Å². The molecule has 1 aliphatic carbocycles. The van der Waals surface area contributed by atoms with E-state index in [0.29, 0.717) is 12.8 Å². The van der Waals surface area contributed by atoms with Crippen LogP contribution in [-0.4, -0.2) is 34.6 Å². The summed E-state index contributed by atoms with van der Waals surface area (Å²) in [6.45, 7) is 3.88. The number of nitrogens with one attached hydrogen (secondary N) is 1. The van der Waals surface area contributed by atoms with Crippen LogP contribution in [0.25, 0.3) is 0 Å². The van der Waals surface area contributed by atoms with Crippen LogP contribution in [0.15, 0.2) is 34.3 Å². The maximum absolute atomic E-state index is 12.1. The van der Waals surface area contributed by atoms with Crippen molar-refractivity contribution in [3.8, 4) is 0 Å². The summed E-state index contributed by atoms with van der Waals surface area (Å²) < 4.78 is 34.8. The van der Waals surface area contributed by atoms with E-state index in [2.05, 4.69) is 9.93 Å². The van der Waals surface area contributed by atoms with Crippen LogP contribution in [0, 0.1) is 12.3 Å². The van der Waals surface area contributed by atoms with Crippen molar-refractivity contribution in [3.05, 3.63) is 29.8 Å². The lowest BCUT2D eigenvalue weighted by Gasteiger charge is -2.50.